The number of hydrogen-bond acceptors (Lipinski definition) is 4. The molecule has 1 saturated heterocycles. The second-order valence-electron chi connectivity index (χ2n) is 10.8. The summed E-state index contributed by atoms with van der Waals surface area (Å²) in [7, 11) is 2.10. The Balaban J connectivity index is 1.32. The van der Waals surface area contributed by atoms with Gasteiger partial charge in [-0.1, -0.05) is 32.3 Å². The topological polar surface area (TPSA) is 35.2 Å². The van der Waals surface area contributed by atoms with E-state index in [0.717, 1.165) is 54.6 Å². The lowest BCUT2D eigenvalue weighted by molar-refractivity contribution is 0.177. The van der Waals surface area contributed by atoms with Gasteiger partial charge in [-0.05, 0) is 61.7 Å². The van der Waals surface area contributed by atoms with Gasteiger partial charge in [-0.15, -0.1) is 11.8 Å². The van der Waals surface area contributed by atoms with E-state index in [1.165, 1.54) is 25.7 Å². The van der Waals surface area contributed by atoms with Crippen LogP contribution >= 0.6 is 11.8 Å². The van der Waals surface area contributed by atoms with Gasteiger partial charge in [0, 0.05) is 52.7 Å². The van der Waals surface area contributed by atoms with E-state index in [2.05, 4.69) is 40.0 Å². The third-order valence-corrected chi connectivity index (χ3v) is 9.29. The lowest BCUT2D eigenvalue weighted by atomic mass is 9.76. The number of halogens is 2. The fourth-order valence-electron chi connectivity index (χ4n) is 6.03. The molecule has 2 aliphatic heterocycles. The monoisotopic (exact) mass is 496 g/mol. The normalized spacial score (nSPS) is 23.5. The lowest BCUT2D eigenvalue weighted by Gasteiger charge is -2.42. The highest BCUT2D eigenvalue weighted by Gasteiger charge is 2.41. The summed E-state index contributed by atoms with van der Waals surface area (Å²) in [5.41, 5.74) is 3.38. The summed E-state index contributed by atoms with van der Waals surface area (Å²) in [5, 5.41) is 8.73. The quantitative estimate of drug-likeness (QED) is 0.405. The zero-order chi connectivity index (χ0) is 24.1. The van der Waals surface area contributed by atoms with E-state index < -0.39 is 11.6 Å². The highest BCUT2D eigenvalue weighted by Crippen LogP contribution is 2.47. The predicted molar refractivity (Wildman–Crippen MR) is 138 cm³/mol. The third kappa shape index (κ3) is 4.51. The number of fused-ring (bicyclic) bond motifs is 3. The molecule has 2 aromatic carbocycles. The SMILES string of the molecule is CCCCN1CC(Sc2cc(F)c([C@@H]3c4ccc5[nH]ncc5c4CN(C)[C@H]3CC3CC3)c(F)c2)C1. The number of likely N-dealkylation sites (N-methyl/N-ethyl adjacent to an activating group) is 1. The van der Waals surface area contributed by atoms with Crippen LogP contribution in [0.25, 0.3) is 10.9 Å². The van der Waals surface area contributed by atoms with E-state index in [9.17, 15) is 0 Å². The zero-order valence-electron chi connectivity index (χ0n) is 20.6. The molecule has 1 saturated carbocycles. The van der Waals surface area contributed by atoms with E-state index in [-0.39, 0.29) is 17.5 Å². The van der Waals surface area contributed by atoms with Crippen LogP contribution in [0.5, 0.6) is 0 Å². The van der Waals surface area contributed by atoms with Crippen LogP contribution in [0.15, 0.2) is 35.4 Å². The Hall–Kier alpha value is -1.96. The van der Waals surface area contributed by atoms with Gasteiger partial charge in [0.05, 0.1) is 11.7 Å². The van der Waals surface area contributed by atoms with Crippen molar-refractivity contribution in [1.82, 2.24) is 20.0 Å². The summed E-state index contributed by atoms with van der Waals surface area (Å²) >= 11 is 1.62. The smallest absolute Gasteiger partial charge is 0.131 e. The van der Waals surface area contributed by atoms with Gasteiger partial charge in [-0.3, -0.25) is 10.00 Å². The van der Waals surface area contributed by atoms with Crippen LogP contribution in [-0.2, 0) is 6.54 Å². The van der Waals surface area contributed by atoms with Gasteiger partial charge in [-0.25, -0.2) is 8.78 Å². The van der Waals surface area contributed by atoms with Crippen molar-refractivity contribution in [3.05, 3.63) is 58.8 Å². The molecule has 0 spiro atoms. The molecule has 0 bridgehead atoms. The fraction of sp³-hybridized carbons (Fsp3) is 0.536. The van der Waals surface area contributed by atoms with Crippen molar-refractivity contribution in [2.75, 3.05) is 26.7 Å². The van der Waals surface area contributed by atoms with Gasteiger partial charge in [0.2, 0.25) is 0 Å². The number of rotatable bonds is 8. The molecule has 3 aliphatic rings. The van der Waals surface area contributed by atoms with Crippen LogP contribution < -0.4 is 0 Å². The van der Waals surface area contributed by atoms with Crippen LogP contribution in [-0.4, -0.2) is 58.0 Å². The van der Waals surface area contributed by atoms with Crippen molar-refractivity contribution in [2.45, 2.75) is 67.7 Å². The number of thioether (sulfide) groups is 1. The highest BCUT2D eigenvalue weighted by atomic mass is 32.2. The van der Waals surface area contributed by atoms with Crippen molar-refractivity contribution < 1.29 is 8.78 Å². The number of nitrogens with one attached hydrogen (secondary N) is 1. The molecule has 1 aromatic heterocycles. The lowest BCUT2D eigenvalue weighted by Crippen LogP contribution is -2.49. The molecule has 0 radical (unpaired) electrons. The van der Waals surface area contributed by atoms with Gasteiger partial charge < -0.3 is 4.90 Å². The standard InChI is InChI=1S/C28H34F2N4S/c1-3-4-9-34-14-19(15-34)35-18-11-23(29)28(24(30)12-18)27-20-7-8-25-21(13-31-32-25)22(20)16-33(2)26(27)10-17-5-6-17/h7-8,11-13,17,19,26-27H,3-6,9-10,14-16H2,1-2H3,(H,31,32)/t26-,27+/m0/s1. The Morgan fingerprint density at radius 3 is 2.63 bits per heavy atom. The molecule has 0 unspecified atom stereocenters. The summed E-state index contributed by atoms with van der Waals surface area (Å²) in [6.07, 6.45) is 7.67. The molecule has 1 N–H and O–H groups in total. The molecule has 2 fully saturated rings. The fourth-order valence-corrected chi connectivity index (χ4v) is 7.33. The van der Waals surface area contributed by atoms with E-state index in [1.54, 1.807) is 23.9 Å². The first kappa shape index (κ1) is 23.4. The van der Waals surface area contributed by atoms with Crippen molar-refractivity contribution >= 4 is 22.7 Å². The minimum Gasteiger partial charge on any atom is -0.301 e. The van der Waals surface area contributed by atoms with Gasteiger partial charge >= 0.3 is 0 Å². The minimum atomic E-state index is -0.408. The van der Waals surface area contributed by atoms with Gasteiger partial charge in [-0.2, -0.15) is 5.10 Å². The highest BCUT2D eigenvalue weighted by molar-refractivity contribution is 8.00. The number of benzene rings is 2. The number of hydrogen-bond donors (Lipinski definition) is 1. The second-order valence-corrected chi connectivity index (χ2v) is 12.1. The minimum absolute atomic E-state index is 0.0839. The molecule has 186 valence electrons. The van der Waals surface area contributed by atoms with Crippen molar-refractivity contribution in [2.24, 2.45) is 5.92 Å². The summed E-state index contributed by atoms with van der Waals surface area (Å²) in [5.74, 6) is -0.474. The van der Waals surface area contributed by atoms with Crippen molar-refractivity contribution in [1.29, 1.82) is 0 Å². The van der Waals surface area contributed by atoms with Crippen molar-refractivity contribution in [3.63, 3.8) is 0 Å². The number of nitrogens with zero attached hydrogens (tertiary/aromatic N) is 3. The molecule has 2 atom stereocenters. The number of unbranched alkanes of at least 4 members (excludes halogenated alkanes) is 1. The van der Waals surface area contributed by atoms with Crippen LogP contribution in [0.1, 0.15) is 61.6 Å². The number of aromatic amines is 1. The molecular formula is C28H34F2N4S. The maximum atomic E-state index is 15.8. The first-order valence-corrected chi connectivity index (χ1v) is 13.9. The largest absolute Gasteiger partial charge is 0.301 e. The van der Waals surface area contributed by atoms with Gasteiger partial charge in [0.25, 0.3) is 0 Å². The molecule has 6 rings (SSSR count). The molecule has 0 amide bonds. The Morgan fingerprint density at radius 1 is 1.14 bits per heavy atom. The zero-order valence-corrected chi connectivity index (χ0v) is 21.4. The molecule has 35 heavy (non-hydrogen) atoms. The molecule has 3 aromatic rings. The Kier molecular flexibility index (Phi) is 6.35. The van der Waals surface area contributed by atoms with E-state index in [0.29, 0.717) is 16.1 Å². The van der Waals surface area contributed by atoms with Crippen LogP contribution in [0, 0.1) is 17.6 Å². The summed E-state index contributed by atoms with van der Waals surface area (Å²) in [6.45, 7) is 6.10. The van der Waals surface area contributed by atoms with E-state index >= 15 is 8.78 Å². The van der Waals surface area contributed by atoms with Crippen molar-refractivity contribution in [3.8, 4) is 0 Å². The Morgan fingerprint density at radius 2 is 1.91 bits per heavy atom. The van der Waals surface area contributed by atoms with Gasteiger partial charge in [0.1, 0.15) is 11.6 Å². The summed E-state index contributed by atoms with van der Waals surface area (Å²) in [4.78, 5) is 5.44. The molecular weight excluding hydrogens is 462 g/mol. The van der Waals surface area contributed by atoms with E-state index in [1.807, 2.05) is 12.3 Å². The number of aromatic nitrogens is 2. The third-order valence-electron chi connectivity index (χ3n) is 8.16. The van der Waals surface area contributed by atoms with Crippen LogP contribution in [0.4, 0.5) is 8.78 Å². The molecule has 4 nitrogen and oxygen atoms in total. The average Bonchev–Trinajstić information content (AvgIpc) is 3.49. The number of likely N-dealkylation sites (tertiary alicyclic amines) is 1. The summed E-state index contributed by atoms with van der Waals surface area (Å²) in [6, 6.07) is 7.32. The number of H-pyrrole nitrogens is 1. The van der Waals surface area contributed by atoms with E-state index in [4.69, 9.17) is 0 Å². The van der Waals surface area contributed by atoms with Crippen LogP contribution in [0.2, 0.25) is 0 Å². The first-order valence-electron chi connectivity index (χ1n) is 13.0. The first-order chi connectivity index (χ1) is 17.0. The molecule has 1 aliphatic carbocycles. The Labute approximate surface area is 210 Å². The molecule has 3 heterocycles. The van der Waals surface area contributed by atoms with Gasteiger partial charge in [0.15, 0.2) is 0 Å². The maximum absolute atomic E-state index is 15.8. The Bertz CT molecular complexity index is 1190. The molecule has 7 heteroatoms. The van der Waals surface area contributed by atoms with Crippen LogP contribution in [0.3, 0.4) is 0 Å². The summed E-state index contributed by atoms with van der Waals surface area (Å²) < 4.78 is 31.6. The average molecular weight is 497 g/mol. The second kappa shape index (κ2) is 9.49. The predicted octanol–water partition coefficient (Wildman–Crippen LogP) is 6.16. The maximum Gasteiger partial charge on any atom is 0.131 e.